The van der Waals surface area contributed by atoms with Gasteiger partial charge in [-0.2, -0.15) is 0 Å². The van der Waals surface area contributed by atoms with E-state index >= 15 is 0 Å². The summed E-state index contributed by atoms with van der Waals surface area (Å²) < 4.78 is 26.9. The van der Waals surface area contributed by atoms with Gasteiger partial charge in [0.15, 0.2) is 0 Å². The molecule has 1 aliphatic carbocycles. The van der Waals surface area contributed by atoms with Gasteiger partial charge in [-0.05, 0) is 74.6 Å². The van der Waals surface area contributed by atoms with E-state index < -0.39 is 10.0 Å². The van der Waals surface area contributed by atoms with Crippen molar-refractivity contribution in [2.24, 2.45) is 0 Å². The fourth-order valence-electron chi connectivity index (χ4n) is 3.32. The van der Waals surface area contributed by atoms with Crippen LogP contribution in [0.4, 0.5) is 5.69 Å². The van der Waals surface area contributed by atoms with Gasteiger partial charge >= 0.3 is 0 Å². The van der Waals surface area contributed by atoms with E-state index in [1.807, 2.05) is 0 Å². The second kappa shape index (κ2) is 9.46. The maximum atomic E-state index is 12.8. The van der Waals surface area contributed by atoms with Gasteiger partial charge in [-0.3, -0.25) is 9.10 Å². The molecule has 2 aromatic rings. The second-order valence-corrected chi connectivity index (χ2v) is 9.50. The molecule has 1 aliphatic rings. The van der Waals surface area contributed by atoms with Gasteiger partial charge < -0.3 is 5.32 Å². The number of nitrogens with zero attached hydrogens (tertiary/aromatic N) is 1. The number of carbonyl (C=O) groups excluding carboxylic acids is 1. The summed E-state index contributed by atoms with van der Waals surface area (Å²) in [6.07, 6.45) is 7.83. The Bertz CT molecular complexity index is 1000. The normalized spacial score (nSPS) is 14.2. The molecular weight excluding hydrogens is 408 g/mol. The predicted molar refractivity (Wildman–Crippen MR) is 117 cm³/mol. The molecule has 0 unspecified atom stereocenters. The first-order chi connectivity index (χ1) is 13.9. The van der Waals surface area contributed by atoms with E-state index in [2.05, 4.69) is 11.4 Å². The third-order valence-corrected chi connectivity index (χ3v) is 7.11. The Morgan fingerprint density at radius 3 is 2.59 bits per heavy atom. The number of halogens is 1. The number of hydrogen-bond acceptors (Lipinski definition) is 3. The third kappa shape index (κ3) is 5.40. The van der Waals surface area contributed by atoms with Crippen LogP contribution in [0.25, 0.3) is 0 Å². The third-order valence-electron chi connectivity index (χ3n) is 5.06. The topological polar surface area (TPSA) is 66.5 Å². The van der Waals surface area contributed by atoms with Crippen molar-refractivity contribution in [1.29, 1.82) is 0 Å². The standard InChI is InChI=1S/C22H25ClN2O3S/c1-25(29(27,28)21-12-10-19(23)11-13-21)20-9-5-8-18(16-20)22(26)24-15-14-17-6-3-2-4-7-17/h5-6,8-13,16H,2-4,7,14-15H2,1H3,(H,24,26). The maximum Gasteiger partial charge on any atom is 0.264 e. The van der Waals surface area contributed by atoms with Crippen LogP contribution in [0.15, 0.2) is 65.1 Å². The van der Waals surface area contributed by atoms with E-state index in [0.717, 1.165) is 19.3 Å². The van der Waals surface area contributed by atoms with Crippen LogP contribution in [-0.4, -0.2) is 27.9 Å². The molecule has 5 nitrogen and oxygen atoms in total. The number of allylic oxidation sites excluding steroid dienone is 1. The van der Waals surface area contributed by atoms with Gasteiger partial charge in [-0.1, -0.05) is 29.3 Å². The van der Waals surface area contributed by atoms with Crippen LogP contribution in [-0.2, 0) is 10.0 Å². The average molecular weight is 433 g/mol. The molecule has 0 aromatic heterocycles. The molecule has 7 heteroatoms. The van der Waals surface area contributed by atoms with Gasteiger partial charge in [-0.15, -0.1) is 0 Å². The molecule has 0 aliphatic heterocycles. The molecule has 0 atom stereocenters. The van der Waals surface area contributed by atoms with E-state index in [1.165, 1.54) is 54.0 Å². The number of amides is 1. The SMILES string of the molecule is CN(c1cccc(C(=O)NCCC2=CCCCC2)c1)S(=O)(=O)c1ccc(Cl)cc1. The summed E-state index contributed by atoms with van der Waals surface area (Å²) in [7, 11) is -2.28. The molecule has 0 spiro atoms. The Kier molecular flexibility index (Phi) is 6.98. The lowest BCUT2D eigenvalue weighted by Crippen LogP contribution is -2.28. The lowest BCUT2D eigenvalue weighted by molar-refractivity contribution is 0.0954. The Hall–Kier alpha value is -2.31. The zero-order valence-corrected chi connectivity index (χ0v) is 18.0. The Balaban J connectivity index is 1.68. The minimum atomic E-state index is -3.75. The number of anilines is 1. The fourth-order valence-corrected chi connectivity index (χ4v) is 4.63. The lowest BCUT2D eigenvalue weighted by Gasteiger charge is -2.20. The second-order valence-electron chi connectivity index (χ2n) is 7.09. The summed E-state index contributed by atoms with van der Waals surface area (Å²) in [5, 5.41) is 3.39. The summed E-state index contributed by atoms with van der Waals surface area (Å²) in [6, 6.07) is 12.6. The van der Waals surface area contributed by atoms with E-state index in [9.17, 15) is 13.2 Å². The smallest absolute Gasteiger partial charge is 0.264 e. The fraction of sp³-hybridized carbons (Fsp3) is 0.318. The summed E-state index contributed by atoms with van der Waals surface area (Å²) in [6.45, 7) is 0.577. The highest BCUT2D eigenvalue weighted by Crippen LogP contribution is 2.24. The minimum Gasteiger partial charge on any atom is -0.352 e. The van der Waals surface area contributed by atoms with Crippen molar-refractivity contribution in [1.82, 2.24) is 5.32 Å². The molecular formula is C22H25ClN2O3S. The highest BCUT2D eigenvalue weighted by Gasteiger charge is 2.22. The molecule has 2 aromatic carbocycles. The van der Waals surface area contributed by atoms with Gasteiger partial charge in [-0.25, -0.2) is 8.42 Å². The molecule has 154 valence electrons. The number of benzene rings is 2. The van der Waals surface area contributed by atoms with Crippen molar-refractivity contribution in [3.8, 4) is 0 Å². The molecule has 0 bridgehead atoms. The lowest BCUT2D eigenvalue weighted by atomic mass is 9.97. The maximum absolute atomic E-state index is 12.8. The van der Waals surface area contributed by atoms with Gasteiger partial charge in [0, 0.05) is 24.2 Å². The van der Waals surface area contributed by atoms with Gasteiger partial charge in [0.25, 0.3) is 15.9 Å². The van der Waals surface area contributed by atoms with E-state index in [-0.39, 0.29) is 10.8 Å². The number of sulfonamides is 1. The van der Waals surface area contributed by atoms with E-state index in [0.29, 0.717) is 22.8 Å². The first kappa shape index (κ1) is 21.4. The number of carbonyl (C=O) groups is 1. The van der Waals surface area contributed by atoms with Crippen molar-refractivity contribution in [2.75, 3.05) is 17.9 Å². The van der Waals surface area contributed by atoms with Crippen molar-refractivity contribution in [2.45, 2.75) is 37.0 Å². The van der Waals surface area contributed by atoms with Gasteiger partial charge in [0.1, 0.15) is 0 Å². The predicted octanol–water partition coefficient (Wildman–Crippen LogP) is 4.79. The molecule has 0 saturated heterocycles. The highest BCUT2D eigenvalue weighted by molar-refractivity contribution is 7.92. The molecule has 0 saturated carbocycles. The summed E-state index contributed by atoms with van der Waals surface area (Å²) in [4.78, 5) is 12.6. The summed E-state index contributed by atoms with van der Waals surface area (Å²) >= 11 is 5.85. The number of nitrogens with one attached hydrogen (secondary N) is 1. The molecule has 3 rings (SSSR count). The first-order valence-electron chi connectivity index (χ1n) is 9.68. The Morgan fingerprint density at radius 1 is 1.14 bits per heavy atom. The monoisotopic (exact) mass is 432 g/mol. The van der Waals surface area contributed by atoms with Crippen LogP contribution in [0, 0.1) is 0 Å². The van der Waals surface area contributed by atoms with E-state index in [1.54, 1.807) is 24.3 Å². The van der Waals surface area contributed by atoms with E-state index in [4.69, 9.17) is 11.6 Å². The highest BCUT2D eigenvalue weighted by atomic mass is 35.5. The van der Waals surface area contributed by atoms with Crippen molar-refractivity contribution < 1.29 is 13.2 Å². The average Bonchev–Trinajstić information content (AvgIpc) is 2.74. The summed E-state index contributed by atoms with van der Waals surface area (Å²) in [5.41, 5.74) is 2.25. The van der Waals surface area contributed by atoms with Crippen LogP contribution < -0.4 is 9.62 Å². The van der Waals surface area contributed by atoms with Crippen molar-refractivity contribution in [3.05, 3.63) is 70.8 Å². The molecule has 1 amide bonds. The quantitative estimate of drug-likeness (QED) is 0.640. The molecule has 0 radical (unpaired) electrons. The van der Waals surface area contributed by atoms with Crippen LogP contribution in [0.5, 0.6) is 0 Å². The number of hydrogen-bond donors (Lipinski definition) is 1. The Morgan fingerprint density at radius 2 is 1.90 bits per heavy atom. The number of rotatable bonds is 7. The minimum absolute atomic E-state index is 0.139. The van der Waals surface area contributed by atoms with Crippen LogP contribution in [0.3, 0.4) is 0 Å². The van der Waals surface area contributed by atoms with Crippen molar-refractivity contribution in [3.63, 3.8) is 0 Å². The van der Waals surface area contributed by atoms with Crippen LogP contribution in [0.2, 0.25) is 5.02 Å². The molecule has 0 heterocycles. The van der Waals surface area contributed by atoms with Gasteiger partial charge in [0.05, 0.1) is 10.6 Å². The van der Waals surface area contributed by atoms with Crippen LogP contribution in [0.1, 0.15) is 42.5 Å². The summed E-state index contributed by atoms with van der Waals surface area (Å²) in [5.74, 6) is -0.208. The van der Waals surface area contributed by atoms with Crippen molar-refractivity contribution >= 4 is 33.2 Å². The van der Waals surface area contributed by atoms with Gasteiger partial charge in [0.2, 0.25) is 0 Å². The Labute approximate surface area is 177 Å². The molecule has 1 N–H and O–H groups in total. The largest absolute Gasteiger partial charge is 0.352 e. The zero-order chi connectivity index (χ0) is 20.9. The molecule has 29 heavy (non-hydrogen) atoms. The molecule has 0 fully saturated rings. The zero-order valence-electron chi connectivity index (χ0n) is 16.4. The van der Waals surface area contributed by atoms with Crippen LogP contribution >= 0.6 is 11.6 Å². The first-order valence-corrected chi connectivity index (χ1v) is 11.5.